The van der Waals surface area contributed by atoms with Crippen molar-refractivity contribution in [1.82, 2.24) is 4.98 Å². The molecule has 0 amide bonds. The van der Waals surface area contributed by atoms with Crippen molar-refractivity contribution in [2.45, 2.75) is 16.2 Å². The lowest BCUT2D eigenvalue weighted by atomic mass is 10.2. The highest BCUT2D eigenvalue weighted by atomic mass is 35.5. The van der Waals surface area contributed by atoms with Crippen molar-refractivity contribution in [3.63, 3.8) is 0 Å². The van der Waals surface area contributed by atoms with Crippen LogP contribution in [0.5, 0.6) is 0 Å². The van der Waals surface area contributed by atoms with E-state index in [4.69, 9.17) is 23.2 Å². The predicted molar refractivity (Wildman–Crippen MR) is 80.4 cm³/mol. The Hall–Kier alpha value is -0.200. The maximum atomic E-state index is 11.8. The van der Waals surface area contributed by atoms with Gasteiger partial charge in [-0.2, -0.15) is 0 Å². The minimum atomic E-state index is -0.0547. The van der Waals surface area contributed by atoms with Crippen LogP contribution in [0.2, 0.25) is 9.49 Å². The van der Waals surface area contributed by atoms with Gasteiger partial charge >= 0.3 is 0 Å². The number of halogens is 2. The van der Waals surface area contributed by atoms with E-state index in [1.54, 1.807) is 0 Å². The molecule has 2 nitrogen and oxygen atoms in total. The highest BCUT2D eigenvalue weighted by Gasteiger charge is 2.13. The molecule has 1 aromatic heterocycles. The average molecular weight is 336 g/mol. The van der Waals surface area contributed by atoms with Crippen LogP contribution in [0.25, 0.3) is 0 Å². The molecule has 0 atom stereocenters. The molecule has 0 radical (unpaired) electrons. The van der Waals surface area contributed by atoms with Crippen LogP contribution in [0.4, 0.5) is 4.79 Å². The van der Waals surface area contributed by atoms with Crippen molar-refractivity contribution in [3.05, 3.63) is 39.3 Å². The number of hydrogen-bond donors (Lipinski definition) is 0. The third-order valence-corrected chi connectivity index (χ3v) is 5.56. The van der Waals surface area contributed by atoms with E-state index in [0.717, 1.165) is 22.2 Å². The van der Waals surface area contributed by atoms with Crippen LogP contribution in [0.15, 0.2) is 33.5 Å². The van der Waals surface area contributed by atoms with Gasteiger partial charge in [0.1, 0.15) is 4.34 Å². The van der Waals surface area contributed by atoms with E-state index in [-0.39, 0.29) is 9.60 Å². The number of hydrogen-bond acceptors (Lipinski definition) is 5. The van der Waals surface area contributed by atoms with Gasteiger partial charge in [0.2, 0.25) is 0 Å². The van der Waals surface area contributed by atoms with Crippen LogP contribution in [-0.2, 0) is 0 Å². The lowest BCUT2D eigenvalue weighted by Crippen LogP contribution is -1.81. The van der Waals surface area contributed by atoms with Crippen LogP contribution in [-0.4, -0.2) is 9.43 Å². The van der Waals surface area contributed by atoms with Gasteiger partial charge in [-0.15, -0.1) is 0 Å². The van der Waals surface area contributed by atoms with Crippen molar-refractivity contribution in [1.29, 1.82) is 0 Å². The fourth-order valence-electron chi connectivity index (χ4n) is 1.10. The summed E-state index contributed by atoms with van der Waals surface area (Å²) in [7, 11) is 0. The summed E-state index contributed by atoms with van der Waals surface area (Å²) in [4.78, 5) is 16.7. The van der Waals surface area contributed by atoms with Gasteiger partial charge in [-0.25, -0.2) is 4.98 Å². The lowest BCUT2D eigenvalue weighted by molar-refractivity contribution is 0.276. The van der Waals surface area contributed by atoms with E-state index < -0.39 is 0 Å². The molecule has 0 fully saturated rings. The van der Waals surface area contributed by atoms with Crippen LogP contribution in [0.1, 0.15) is 5.56 Å². The predicted octanol–water partition coefficient (Wildman–Crippen LogP) is 5.76. The molecule has 1 aromatic carbocycles. The third kappa shape index (κ3) is 3.90. The van der Waals surface area contributed by atoms with E-state index in [9.17, 15) is 4.79 Å². The number of rotatable bonds is 2. The average Bonchev–Trinajstić information content (AvgIpc) is 2.61. The summed E-state index contributed by atoms with van der Waals surface area (Å²) in [5.74, 6) is 0. The zero-order valence-corrected chi connectivity index (χ0v) is 13.1. The quantitative estimate of drug-likeness (QED) is 0.652. The molecule has 0 aliphatic carbocycles. The van der Waals surface area contributed by atoms with Crippen molar-refractivity contribution in [2.75, 3.05) is 0 Å². The summed E-state index contributed by atoms with van der Waals surface area (Å²) < 4.78 is 0.919. The van der Waals surface area contributed by atoms with E-state index in [2.05, 4.69) is 4.98 Å². The van der Waals surface area contributed by atoms with Crippen molar-refractivity contribution >= 4 is 62.5 Å². The molecular weight excluding hydrogens is 329 g/mol. The van der Waals surface area contributed by atoms with Gasteiger partial charge in [-0.05, 0) is 42.6 Å². The first-order chi connectivity index (χ1) is 8.54. The monoisotopic (exact) mass is 335 g/mol. The molecule has 0 N–H and O–H groups in total. The molecule has 2 aromatic rings. The van der Waals surface area contributed by atoms with Gasteiger partial charge < -0.3 is 0 Å². The largest absolute Gasteiger partial charge is 0.274 e. The summed E-state index contributed by atoms with van der Waals surface area (Å²) in [6.07, 6.45) is 0. The number of carbonyl (C=O) groups is 1. The Balaban J connectivity index is 1.98. The smallest absolute Gasteiger partial charge is 0.257 e. The van der Waals surface area contributed by atoms with Crippen LogP contribution in [0, 0.1) is 6.92 Å². The van der Waals surface area contributed by atoms with Gasteiger partial charge in [0.15, 0.2) is 9.49 Å². The zero-order chi connectivity index (χ0) is 13.1. The summed E-state index contributed by atoms with van der Waals surface area (Å²) >= 11 is 14.9. The Bertz CT molecular complexity index is 549. The first kappa shape index (κ1) is 14.2. The number of carbonyl (C=O) groups excluding carboxylic acids is 1. The molecule has 94 valence electrons. The number of benzene rings is 1. The lowest BCUT2D eigenvalue weighted by Gasteiger charge is -1.99. The maximum absolute atomic E-state index is 11.8. The topological polar surface area (TPSA) is 30.0 Å². The third-order valence-electron chi connectivity index (χ3n) is 1.92. The fraction of sp³-hybridized carbons (Fsp3) is 0.0909. The molecule has 0 bridgehead atoms. The van der Waals surface area contributed by atoms with E-state index in [1.807, 2.05) is 31.2 Å². The normalized spacial score (nSPS) is 10.6. The van der Waals surface area contributed by atoms with Crippen molar-refractivity contribution in [2.24, 2.45) is 0 Å². The SMILES string of the molecule is Cc1ccc(SC(=O)Sc2nc(Cl)c(Cl)s2)cc1. The van der Waals surface area contributed by atoms with Crippen LogP contribution < -0.4 is 0 Å². The Kier molecular flexibility index (Phi) is 4.98. The first-order valence-electron chi connectivity index (χ1n) is 4.83. The van der Waals surface area contributed by atoms with Crippen LogP contribution >= 0.6 is 58.1 Å². The fourth-order valence-corrected chi connectivity index (χ4v) is 4.46. The minimum absolute atomic E-state index is 0.0547. The van der Waals surface area contributed by atoms with Crippen molar-refractivity contribution < 1.29 is 4.79 Å². The number of aryl methyl sites for hydroxylation is 1. The molecule has 0 spiro atoms. The van der Waals surface area contributed by atoms with Gasteiger partial charge in [0, 0.05) is 4.90 Å². The van der Waals surface area contributed by atoms with Crippen molar-refractivity contribution in [3.8, 4) is 0 Å². The van der Waals surface area contributed by atoms with Gasteiger partial charge in [0.05, 0.1) is 0 Å². The van der Waals surface area contributed by atoms with E-state index >= 15 is 0 Å². The second-order valence-corrected chi connectivity index (χ2v) is 7.80. The molecule has 7 heteroatoms. The highest BCUT2D eigenvalue weighted by Crippen LogP contribution is 2.37. The molecule has 0 aliphatic heterocycles. The zero-order valence-electron chi connectivity index (χ0n) is 9.15. The standard InChI is InChI=1S/C11H7Cl2NOS3/c1-6-2-4-7(5-3-6)16-11(15)18-10-14-8(12)9(13)17-10/h2-5H,1H3. The second kappa shape index (κ2) is 6.30. The molecular formula is C11H7Cl2NOS3. The Labute approximate surface area is 127 Å². The Morgan fingerprint density at radius 2 is 1.89 bits per heavy atom. The van der Waals surface area contributed by atoms with Gasteiger partial charge in [0.25, 0.3) is 4.45 Å². The summed E-state index contributed by atoms with van der Waals surface area (Å²) in [6, 6.07) is 7.77. The molecule has 0 aliphatic rings. The van der Waals surface area contributed by atoms with Gasteiger partial charge in [-0.1, -0.05) is 52.2 Å². The number of thiazole rings is 1. The minimum Gasteiger partial charge on any atom is -0.274 e. The summed E-state index contributed by atoms with van der Waals surface area (Å²) in [5, 5.41) is 0.248. The molecule has 0 saturated heterocycles. The Morgan fingerprint density at radius 3 is 2.44 bits per heavy atom. The molecule has 2 rings (SSSR count). The van der Waals surface area contributed by atoms with E-state index in [1.165, 1.54) is 23.1 Å². The molecule has 1 heterocycles. The number of nitrogens with zero attached hydrogens (tertiary/aromatic N) is 1. The van der Waals surface area contributed by atoms with E-state index in [0.29, 0.717) is 8.68 Å². The maximum Gasteiger partial charge on any atom is 0.257 e. The molecule has 0 unspecified atom stereocenters. The molecule has 0 saturated carbocycles. The highest BCUT2D eigenvalue weighted by molar-refractivity contribution is 8.39. The number of thioether (sulfide) groups is 2. The van der Waals surface area contributed by atoms with Crippen LogP contribution in [0.3, 0.4) is 0 Å². The second-order valence-electron chi connectivity index (χ2n) is 3.31. The molecule has 18 heavy (non-hydrogen) atoms. The Morgan fingerprint density at radius 1 is 1.22 bits per heavy atom. The number of aromatic nitrogens is 1. The summed E-state index contributed by atoms with van der Waals surface area (Å²) in [5.41, 5.74) is 1.16. The first-order valence-corrected chi connectivity index (χ1v) is 8.03. The van der Waals surface area contributed by atoms with Gasteiger partial charge in [-0.3, -0.25) is 4.79 Å². The summed E-state index contributed by atoms with van der Waals surface area (Å²) in [6.45, 7) is 2.00.